The van der Waals surface area contributed by atoms with Crippen molar-refractivity contribution in [1.82, 2.24) is 9.97 Å². The van der Waals surface area contributed by atoms with Crippen LogP contribution >= 0.6 is 0 Å². The summed E-state index contributed by atoms with van der Waals surface area (Å²) in [6.07, 6.45) is 1.57. The van der Waals surface area contributed by atoms with E-state index in [0.29, 0.717) is 17.5 Å². The molecule has 0 saturated carbocycles. The van der Waals surface area contributed by atoms with Crippen molar-refractivity contribution in [2.24, 2.45) is 0 Å². The van der Waals surface area contributed by atoms with Gasteiger partial charge in [-0.05, 0) is 25.5 Å². The zero-order valence-corrected chi connectivity index (χ0v) is 10.0. The molecule has 0 aliphatic rings. The van der Waals surface area contributed by atoms with Gasteiger partial charge in [-0.2, -0.15) is 4.98 Å². The molecule has 0 spiro atoms. The summed E-state index contributed by atoms with van der Waals surface area (Å²) in [7, 11) is 0. The highest BCUT2D eigenvalue weighted by atomic mass is 16.5. The van der Waals surface area contributed by atoms with Gasteiger partial charge in [-0.15, -0.1) is 0 Å². The van der Waals surface area contributed by atoms with Gasteiger partial charge in [0, 0.05) is 12.3 Å². The van der Waals surface area contributed by atoms with Gasteiger partial charge in [0.1, 0.15) is 17.1 Å². The molecule has 0 radical (unpaired) electrons. The first-order valence-electron chi connectivity index (χ1n) is 5.38. The second-order valence-corrected chi connectivity index (χ2v) is 3.80. The topological polar surface area (TPSA) is 72.3 Å². The van der Waals surface area contributed by atoms with E-state index >= 15 is 0 Å². The van der Waals surface area contributed by atoms with Crippen LogP contribution in [0.5, 0.6) is 11.6 Å². The van der Waals surface area contributed by atoms with Crippen LogP contribution in [-0.2, 0) is 0 Å². The Morgan fingerprint density at radius 3 is 2.72 bits per heavy atom. The van der Waals surface area contributed by atoms with Crippen molar-refractivity contribution in [3.8, 4) is 11.6 Å². The first-order chi connectivity index (χ1) is 8.58. The molecule has 0 unspecified atom stereocenters. The molecule has 2 rings (SSSR count). The molecule has 0 aliphatic heterocycles. The van der Waals surface area contributed by atoms with Gasteiger partial charge in [0.15, 0.2) is 0 Å². The van der Waals surface area contributed by atoms with Crippen molar-refractivity contribution in [1.29, 1.82) is 0 Å². The number of benzene rings is 1. The molecule has 5 nitrogen and oxygen atoms in total. The summed E-state index contributed by atoms with van der Waals surface area (Å²) in [5.74, 6) is 0.180. The standard InChI is InChI=1S/C13H12N2O3/c1-8-4-3-5-10(13(16)17)12(8)18-11-6-7-14-9(2)15-11/h3-7H,1-2H3,(H,16,17). The monoisotopic (exact) mass is 244 g/mol. The lowest BCUT2D eigenvalue weighted by atomic mass is 10.1. The van der Waals surface area contributed by atoms with Gasteiger partial charge >= 0.3 is 5.97 Å². The number of para-hydroxylation sites is 1. The second-order valence-electron chi connectivity index (χ2n) is 3.80. The molecular weight excluding hydrogens is 232 g/mol. The minimum atomic E-state index is -1.03. The van der Waals surface area contributed by atoms with Crippen molar-refractivity contribution < 1.29 is 14.6 Å². The van der Waals surface area contributed by atoms with Crippen LogP contribution in [0, 0.1) is 13.8 Å². The minimum absolute atomic E-state index is 0.117. The number of aromatic nitrogens is 2. The molecule has 0 fully saturated rings. The average Bonchev–Trinajstić information content (AvgIpc) is 2.31. The number of carboxylic acids is 1. The lowest BCUT2D eigenvalue weighted by Gasteiger charge is -2.10. The molecule has 1 heterocycles. The van der Waals surface area contributed by atoms with E-state index in [-0.39, 0.29) is 5.56 Å². The highest BCUT2D eigenvalue weighted by molar-refractivity contribution is 5.91. The Bertz CT molecular complexity index is 597. The van der Waals surface area contributed by atoms with Gasteiger partial charge in [0.2, 0.25) is 5.88 Å². The molecule has 5 heteroatoms. The summed E-state index contributed by atoms with van der Waals surface area (Å²) >= 11 is 0. The molecule has 0 aliphatic carbocycles. The average molecular weight is 244 g/mol. The number of rotatable bonds is 3. The van der Waals surface area contributed by atoms with E-state index in [9.17, 15) is 4.79 Å². The van der Waals surface area contributed by atoms with Crippen molar-refractivity contribution >= 4 is 5.97 Å². The first kappa shape index (κ1) is 12.0. The number of hydrogen-bond acceptors (Lipinski definition) is 4. The molecule has 0 atom stereocenters. The molecular formula is C13H12N2O3. The van der Waals surface area contributed by atoms with E-state index in [0.717, 1.165) is 5.56 Å². The van der Waals surface area contributed by atoms with Crippen LogP contribution in [0.4, 0.5) is 0 Å². The van der Waals surface area contributed by atoms with Crippen LogP contribution in [0.2, 0.25) is 0 Å². The van der Waals surface area contributed by atoms with E-state index in [4.69, 9.17) is 9.84 Å². The molecule has 1 aromatic carbocycles. The quantitative estimate of drug-likeness (QED) is 0.898. The normalized spacial score (nSPS) is 10.1. The van der Waals surface area contributed by atoms with Gasteiger partial charge in [0.05, 0.1) is 0 Å². The molecule has 0 bridgehead atoms. The van der Waals surface area contributed by atoms with Crippen molar-refractivity contribution in [2.45, 2.75) is 13.8 Å². The number of carboxylic acid groups (broad SMARTS) is 1. The number of carbonyl (C=O) groups is 1. The highest BCUT2D eigenvalue weighted by Crippen LogP contribution is 2.27. The number of hydrogen-bond donors (Lipinski definition) is 1. The Kier molecular flexibility index (Phi) is 3.23. The van der Waals surface area contributed by atoms with E-state index in [1.807, 2.05) is 0 Å². The van der Waals surface area contributed by atoms with Crippen LogP contribution in [0.15, 0.2) is 30.5 Å². The molecule has 1 aromatic heterocycles. The Labute approximate surface area is 104 Å². The number of aromatic carboxylic acids is 1. The van der Waals surface area contributed by atoms with E-state index in [2.05, 4.69) is 9.97 Å². The summed E-state index contributed by atoms with van der Waals surface area (Å²) < 4.78 is 5.55. The van der Waals surface area contributed by atoms with Crippen LogP contribution in [0.25, 0.3) is 0 Å². The van der Waals surface area contributed by atoms with Crippen LogP contribution in [-0.4, -0.2) is 21.0 Å². The molecule has 18 heavy (non-hydrogen) atoms. The van der Waals surface area contributed by atoms with E-state index < -0.39 is 5.97 Å². The van der Waals surface area contributed by atoms with Gasteiger partial charge in [-0.3, -0.25) is 0 Å². The molecule has 1 N–H and O–H groups in total. The first-order valence-corrected chi connectivity index (χ1v) is 5.38. The smallest absolute Gasteiger partial charge is 0.339 e. The zero-order valence-electron chi connectivity index (χ0n) is 10.0. The predicted molar refractivity (Wildman–Crippen MR) is 65.0 cm³/mol. The van der Waals surface area contributed by atoms with Crippen molar-refractivity contribution in [2.75, 3.05) is 0 Å². The fraction of sp³-hybridized carbons (Fsp3) is 0.154. The van der Waals surface area contributed by atoms with Crippen LogP contribution in [0.3, 0.4) is 0 Å². The molecule has 2 aromatic rings. The minimum Gasteiger partial charge on any atom is -0.478 e. The fourth-order valence-corrected chi connectivity index (χ4v) is 1.55. The van der Waals surface area contributed by atoms with Crippen LogP contribution in [0.1, 0.15) is 21.7 Å². The third-order valence-corrected chi connectivity index (χ3v) is 2.40. The summed E-state index contributed by atoms with van der Waals surface area (Å²) in [6.45, 7) is 3.53. The lowest BCUT2D eigenvalue weighted by molar-refractivity contribution is 0.0694. The second kappa shape index (κ2) is 4.83. The van der Waals surface area contributed by atoms with E-state index in [1.165, 1.54) is 6.07 Å². The Morgan fingerprint density at radius 1 is 1.28 bits per heavy atom. The highest BCUT2D eigenvalue weighted by Gasteiger charge is 2.14. The Balaban J connectivity index is 2.42. The van der Waals surface area contributed by atoms with Gasteiger partial charge < -0.3 is 9.84 Å². The third kappa shape index (κ3) is 2.45. The maximum absolute atomic E-state index is 11.1. The van der Waals surface area contributed by atoms with Gasteiger partial charge in [-0.1, -0.05) is 12.1 Å². The number of nitrogens with zero attached hydrogens (tertiary/aromatic N) is 2. The van der Waals surface area contributed by atoms with Crippen LogP contribution < -0.4 is 4.74 Å². The number of ether oxygens (including phenoxy) is 1. The summed E-state index contributed by atoms with van der Waals surface area (Å²) in [6, 6.07) is 6.55. The lowest BCUT2D eigenvalue weighted by Crippen LogP contribution is -2.02. The summed E-state index contributed by atoms with van der Waals surface area (Å²) in [5.41, 5.74) is 0.859. The molecule has 92 valence electrons. The maximum atomic E-state index is 11.1. The van der Waals surface area contributed by atoms with E-state index in [1.54, 1.807) is 38.2 Å². The summed E-state index contributed by atoms with van der Waals surface area (Å²) in [5, 5.41) is 9.11. The molecule has 0 amide bonds. The molecule has 0 saturated heterocycles. The SMILES string of the molecule is Cc1nccc(Oc2c(C)cccc2C(=O)O)n1. The summed E-state index contributed by atoms with van der Waals surface area (Å²) in [4.78, 5) is 19.2. The fourth-order valence-electron chi connectivity index (χ4n) is 1.55. The number of aryl methyl sites for hydroxylation is 2. The third-order valence-electron chi connectivity index (χ3n) is 2.40. The van der Waals surface area contributed by atoms with Gasteiger partial charge in [0.25, 0.3) is 0 Å². The largest absolute Gasteiger partial charge is 0.478 e. The predicted octanol–water partition coefficient (Wildman–Crippen LogP) is 2.58. The Hall–Kier alpha value is -2.43. The Morgan fingerprint density at radius 2 is 2.06 bits per heavy atom. The maximum Gasteiger partial charge on any atom is 0.339 e. The van der Waals surface area contributed by atoms with Crippen molar-refractivity contribution in [3.05, 3.63) is 47.4 Å². The zero-order chi connectivity index (χ0) is 13.1. The van der Waals surface area contributed by atoms with Crippen molar-refractivity contribution in [3.63, 3.8) is 0 Å². The van der Waals surface area contributed by atoms with Gasteiger partial charge in [-0.25, -0.2) is 9.78 Å².